The molecule has 2 nitrogen and oxygen atoms in total. The van der Waals surface area contributed by atoms with Crippen molar-refractivity contribution >= 4 is 11.6 Å². The van der Waals surface area contributed by atoms with Gasteiger partial charge in [-0.05, 0) is 57.4 Å². The molecule has 2 rings (SSSR count). The summed E-state index contributed by atoms with van der Waals surface area (Å²) < 4.78 is 0. The van der Waals surface area contributed by atoms with E-state index in [9.17, 15) is 9.59 Å². The molecule has 0 spiro atoms. The molecule has 0 radical (unpaired) electrons. The van der Waals surface area contributed by atoms with Crippen LogP contribution in [0.15, 0.2) is 23.3 Å². The monoisotopic (exact) mass is 302 g/mol. The number of carbonyl (C=O) groups is 2. The molecule has 0 amide bonds. The van der Waals surface area contributed by atoms with E-state index in [-0.39, 0.29) is 17.6 Å². The van der Waals surface area contributed by atoms with Gasteiger partial charge in [0.25, 0.3) is 0 Å². The lowest BCUT2D eigenvalue weighted by atomic mass is 9.69. The van der Waals surface area contributed by atoms with Gasteiger partial charge in [0.1, 0.15) is 5.78 Å². The van der Waals surface area contributed by atoms with Gasteiger partial charge in [-0.15, -0.1) is 0 Å². The second kappa shape index (κ2) is 6.52. The number of rotatable bonds is 1. The van der Waals surface area contributed by atoms with Crippen LogP contribution in [-0.2, 0) is 9.59 Å². The molecule has 0 heterocycles. The van der Waals surface area contributed by atoms with Crippen LogP contribution in [0.5, 0.6) is 0 Å². The highest BCUT2D eigenvalue weighted by Crippen LogP contribution is 2.51. The molecule has 1 fully saturated rings. The van der Waals surface area contributed by atoms with Crippen molar-refractivity contribution in [1.82, 2.24) is 0 Å². The standard InChI is InChI=1S/C20H30O2/c1-13(2)19-16-10-9-14(3)7-6-8-15(4)11-18(22)20(16,5)12-17(19)21/h7,11,13,16,19H,6,8-10,12H2,1-5H3/b14-7-,15-11+/t16-,19-,20-/m1/s1. The molecule has 0 N–H and O–H groups in total. The number of hydrogen-bond acceptors (Lipinski definition) is 2. The van der Waals surface area contributed by atoms with Gasteiger partial charge in [-0.3, -0.25) is 9.59 Å². The Morgan fingerprint density at radius 2 is 1.82 bits per heavy atom. The Balaban J connectivity index is 2.43. The zero-order chi connectivity index (χ0) is 16.5. The maximum absolute atomic E-state index is 12.9. The van der Waals surface area contributed by atoms with Crippen LogP contribution in [0.2, 0.25) is 0 Å². The number of hydrogen-bond donors (Lipinski definition) is 0. The molecule has 0 aromatic heterocycles. The molecule has 0 saturated heterocycles. The lowest BCUT2D eigenvalue weighted by Gasteiger charge is -2.33. The molecular formula is C20H30O2. The molecule has 2 aliphatic carbocycles. The van der Waals surface area contributed by atoms with Crippen LogP contribution in [0.4, 0.5) is 0 Å². The molecular weight excluding hydrogens is 272 g/mol. The van der Waals surface area contributed by atoms with Crippen LogP contribution in [0.3, 0.4) is 0 Å². The quantitative estimate of drug-likeness (QED) is 0.646. The van der Waals surface area contributed by atoms with Crippen LogP contribution >= 0.6 is 0 Å². The van der Waals surface area contributed by atoms with Crippen molar-refractivity contribution in [2.24, 2.45) is 23.2 Å². The van der Waals surface area contributed by atoms with E-state index < -0.39 is 5.41 Å². The van der Waals surface area contributed by atoms with Gasteiger partial charge >= 0.3 is 0 Å². The Morgan fingerprint density at radius 1 is 1.14 bits per heavy atom. The summed E-state index contributed by atoms with van der Waals surface area (Å²) in [5, 5.41) is 0. The highest BCUT2D eigenvalue weighted by atomic mass is 16.1. The van der Waals surface area contributed by atoms with Crippen molar-refractivity contribution in [2.75, 3.05) is 0 Å². The van der Waals surface area contributed by atoms with Crippen molar-refractivity contribution in [1.29, 1.82) is 0 Å². The van der Waals surface area contributed by atoms with Gasteiger partial charge in [-0.2, -0.15) is 0 Å². The van der Waals surface area contributed by atoms with Gasteiger partial charge in [0.15, 0.2) is 5.78 Å². The van der Waals surface area contributed by atoms with Gasteiger partial charge < -0.3 is 0 Å². The molecule has 1 saturated carbocycles. The fraction of sp³-hybridized carbons (Fsp3) is 0.700. The third kappa shape index (κ3) is 3.26. The van der Waals surface area contributed by atoms with Crippen molar-refractivity contribution in [2.45, 2.75) is 66.7 Å². The second-order valence-electron chi connectivity index (χ2n) is 7.92. The van der Waals surface area contributed by atoms with Crippen molar-refractivity contribution < 1.29 is 9.59 Å². The van der Waals surface area contributed by atoms with E-state index in [1.54, 1.807) is 0 Å². The Labute approximate surface area is 135 Å². The minimum atomic E-state index is -0.502. The smallest absolute Gasteiger partial charge is 0.162 e. The summed E-state index contributed by atoms with van der Waals surface area (Å²) in [7, 11) is 0. The first-order chi connectivity index (χ1) is 10.3. The summed E-state index contributed by atoms with van der Waals surface area (Å²) in [4.78, 5) is 25.5. The fourth-order valence-electron chi connectivity index (χ4n) is 4.33. The minimum absolute atomic E-state index is 0.0382. The summed E-state index contributed by atoms with van der Waals surface area (Å²) in [6.45, 7) is 10.5. The fourth-order valence-corrected chi connectivity index (χ4v) is 4.33. The predicted octanol–water partition coefficient (Wildman–Crippen LogP) is 4.89. The topological polar surface area (TPSA) is 34.1 Å². The average Bonchev–Trinajstić information content (AvgIpc) is 2.67. The van der Waals surface area contributed by atoms with Gasteiger partial charge in [-0.1, -0.05) is 38.0 Å². The maximum atomic E-state index is 12.9. The Hall–Kier alpha value is -1.18. The average molecular weight is 302 g/mol. The SMILES string of the molecule is C/C1=C/CC/C(C)=C/C(=O)[C@]2(C)CC(=O)[C@H](C(C)C)[C@H]2CC1. The zero-order valence-corrected chi connectivity index (χ0v) is 14.7. The minimum Gasteiger partial charge on any atom is -0.299 e. The number of ketones is 2. The summed E-state index contributed by atoms with van der Waals surface area (Å²) in [6, 6.07) is 0. The van der Waals surface area contributed by atoms with Crippen LogP contribution in [0, 0.1) is 23.2 Å². The molecule has 0 bridgehead atoms. The maximum Gasteiger partial charge on any atom is 0.162 e. The molecule has 0 aliphatic heterocycles. The molecule has 122 valence electrons. The second-order valence-corrected chi connectivity index (χ2v) is 7.92. The van der Waals surface area contributed by atoms with Gasteiger partial charge in [0.2, 0.25) is 0 Å². The van der Waals surface area contributed by atoms with Crippen molar-refractivity contribution in [3.05, 3.63) is 23.3 Å². The number of fused-ring (bicyclic) bond motifs is 1. The Bertz CT molecular complexity index is 524. The van der Waals surface area contributed by atoms with E-state index in [1.807, 2.05) is 19.9 Å². The van der Waals surface area contributed by atoms with Gasteiger partial charge in [0, 0.05) is 17.8 Å². The lowest BCUT2D eigenvalue weighted by Crippen LogP contribution is -2.34. The van der Waals surface area contributed by atoms with E-state index >= 15 is 0 Å². The van der Waals surface area contributed by atoms with E-state index in [4.69, 9.17) is 0 Å². The highest BCUT2D eigenvalue weighted by Gasteiger charge is 2.53. The largest absolute Gasteiger partial charge is 0.299 e. The molecule has 0 aromatic carbocycles. The van der Waals surface area contributed by atoms with E-state index in [1.165, 1.54) is 5.57 Å². The molecule has 2 heteroatoms. The summed E-state index contributed by atoms with van der Waals surface area (Å²) in [5.41, 5.74) is 2.03. The third-order valence-electron chi connectivity index (χ3n) is 5.70. The van der Waals surface area contributed by atoms with Crippen LogP contribution in [0.1, 0.15) is 66.7 Å². The molecule has 3 atom stereocenters. The van der Waals surface area contributed by atoms with E-state index in [0.29, 0.717) is 18.1 Å². The Kier molecular flexibility index (Phi) is 5.09. The number of carbonyl (C=O) groups excluding carboxylic acids is 2. The first-order valence-electron chi connectivity index (χ1n) is 8.65. The summed E-state index contributed by atoms with van der Waals surface area (Å²) in [6.07, 6.45) is 8.44. The summed E-state index contributed by atoms with van der Waals surface area (Å²) in [5.74, 6) is 0.993. The van der Waals surface area contributed by atoms with E-state index in [0.717, 1.165) is 31.3 Å². The number of Topliss-reactive ketones (excluding diaryl/α,β-unsaturated/α-hetero) is 1. The lowest BCUT2D eigenvalue weighted by molar-refractivity contribution is -0.126. The number of allylic oxidation sites excluding steroid dienone is 4. The van der Waals surface area contributed by atoms with Crippen LogP contribution in [0.25, 0.3) is 0 Å². The van der Waals surface area contributed by atoms with E-state index in [2.05, 4.69) is 26.8 Å². The van der Waals surface area contributed by atoms with Crippen LogP contribution < -0.4 is 0 Å². The van der Waals surface area contributed by atoms with Crippen LogP contribution in [-0.4, -0.2) is 11.6 Å². The molecule has 2 aliphatic rings. The van der Waals surface area contributed by atoms with Gasteiger partial charge in [0.05, 0.1) is 0 Å². The van der Waals surface area contributed by atoms with Gasteiger partial charge in [-0.25, -0.2) is 0 Å². The first-order valence-corrected chi connectivity index (χ1v) is 8.65. The highest BCUT2D eigenvalue weighted by molar-refractivity contribution is 6.01. The first kappa shape index (κ1) is 17.2. The molecule has 0 unspecified atom stereocenters. The Morgan fingerprint density at radius 3 is 2.45 bits per heavy atom. The molecule has 0 aromatic rings. The summed E-state index contributed by atoms with van der Waals surface area (Å²) >= 11 is 0. The zero-order valence-electron chi connectivity index (χ0n) is 14.7. The van der Waals surface area contributed by atoms with Crippen molar-refractivity contribution in [3.8, 4) is 0 Å². The molecule has 22 heavy (non-hydrogen) atoms. The van der Waals surface area contributed by atoms with Crippen molar-refractivity contribution in [3.63, 3.8) is 0 Å². The predicted molar refractivity (Wildman–Crippen MR) is 90.5 cm³/mol. The third-order valence-corrected chi connectivity index (χ3v) is 5.70. The normalized spacial score (nSPS) is 38.8.